The number of hydrogen-bond donors (Lipinski definition) is 0. The van der Waals surface area contributed by atoms with Crippen LogP contribution in [-0.2, 0) is 23.9 Å². The number of benzene rings is 1. The Hall–Kier alpha value is -1.79. The molecule has 5 rings (SSSR count). The Labute approximate surface area is 193 Å². The third-order valence-corrected chi connectivity index (χ3v) is 10.00. The van der Waals surface area contributed by atoms with Gasteiger partial charge >= 0.3 is 0 Å². The third kappa shape index (κ3) is 3.33. The number of fused-ring (bicyclic) bond motifs is 5. The highest BCUT2D eigenvalue weighted by Gasteiger charge is 2.60. The number of rotatable bonds is 4. The van der Waals surface area contributed by atoms with Gasteiger partial charge in [-0.2, -0.15) is 8.42 Å². The van der Waals surface area contributed by atoms with Crippen LogP contribution in [-0.4, -0.2) is 26.5 Å². The number of carbonyl (C=O) groups excluding carboxylic acids is 2. The zero-order valence-electron chi connectivity index (χ0n) is 20.7. The first-order valence-electron chi connectivity index (χ1n) is 12.7. The molecule has 0 N–H and O–H groups in total. The molecule has 0 radical (unpaired) electrons. The van der Waals surface area contributed by atoms with E-state index >= 15 is 0 Å². The molecule has 0 saturated heterocycles. The van der Waals surface area contributed by atoms with Crippen molar-refractivity contribution in [2.45, 2.75) is 70.1 Å². The summed E-state index contributed by atoms with van der Waals surface area (Å²) in [6.07, 6.45) is 5.92. The van der Waals surface area contributed by atoms with Crippen molar-refractivity contribution in [1.29, 1.82) is 0 Å². The lowest BCUT2D eigenvalue weighted by atomic mass is 9.47. The zero-order valence-corrected chi connectivity index (χ0v) is 19.5. The molecular formula is C26H32O5S. The minimum Gasteiger partial charge on any atom is -0.299 e. The van der Waals surface area contributed by atoms with Crippen molar-refractivity contribution in [2.24, 2.45) is 28.6 Å². The summed E-state index contributed by atoms with van der Waals surface area (Å²) in [7, 11) is -4.37. The van der Waals surface area contributed by atoms with Gasteiger partial charge in [-0.3, -0.25) is 13.8 Å². The van der Waals surface area contributed by atoms with Gasteiger partial charge in [0.2, 0.25) is 0 Å². The Morgan fingerprint density at radius 1 is 1.03 bits per heavy atom. The number of aryl methyl sites for hydroxylation is 1. The van der Waals surface area contributed by atoms with Gasteiger partial charge in [0.1, 0.15) is 5.78 Å². The molecule has 1 aromatic carbocycles. The fraction of sp³-hybridized carbons (Fsp3) is 0.615. The number of ketones is 2. The molecular weight excluding hydrogens is 424 g/mol. The summed E-state index contributed by atoms with van der Waals surface area (Å²) in [6, 6.07) is 6.17. The highest BCUT2D eigenvalue weighted by atomic mass is 32.2. The van der Waals surface area contributed by atoms with E-state index < -0.39 is 22.1 Å². The van der Waals surface area contributed by atoms with Crippen LogP contribution >= 0.6 is 0 Å². The summed E-state index contributed by atoms with van der Waals surface area (Å²) >= 11 is 0. The van der Waals surface area contributed by atoms with E-state index in [9.17, 15) is 18.0 Å². The Morgan fingerprint density at radius 3 is 2.53 bits per heavy atom. The largest absolute Gasteiger partial charge is 0.299 e. The van der Waals surface area contributed by atoms with E-state index in [1.807, 2.05) is 6.92 Å². The molecule has 32 heavy (non-hydrogen) atoms. The highest BCUT2D eigenvalue weighted by Crippen LogP contribution is 2.64. The maximum Gasteiger partial charge on any atom is 0.297 e. The van der Waals surface area contributed by atoms with Gasteiger partial charge in [0.25, 0.3) is 10.1 Å². The first-order valence-corrected chi connectivity index (χ1v) is 13.1. The van der Waals surface area contributed by atoms with E-state index in [0.717, 1.165) is 18.4 Å². The molecule has 0 aromatic heterocycles. The highest BCUT2D eigenvalue weighted by molar-refractivity contribution is 7.86. The van der Waals surface area contributed by atoms with Crippen molar-refractivity contribution in [1.82, 2.24) is 0 Å². The van der Waals surface area contributed by atoms with Gasteiger partial charge in [0.05, 0.1) is 14.2 Å². The maximum absolute atomic E-state index is 13.2. The average molecular weight is 459 g/mol. The van der Waals surface area contributed by atoms with E-state index in [-0.39, 0.29) is 46.7 Å². The van der Waals surface area contributed by atoms with E-state index in [1.54, 1.807) is 18.2 Å². The second-order valence-electron chi connectivity index (χ2n) is 10.4. The number of hydrogen-bond acceptors (Lipinski definition) is 5. The molecule has 5 atom stereocenters. The number of Topliss-reactive ketones (excluding diaryl/α,β-unsaturated/α-hetero) is 1. The molecule has 4 aliphatic carbocycles. The smallest absolute Gasteiger partial charge is 0.297 e. The minimum absolute atomic E-state index is 0.0436. The monoisotopic (exact) mass is 458 g/mol. The van der Waals surface area contributed by atoms with Crippen LogP contribution in [0.4, 0.5) is 0 Å². The molecule has 2 unspecified atom stereocenters. The van der Waals surface area contributed by atoms with Gasteiger partial charge in [0, 0.05) is 23.7 Å². The van der Waals surface area contributed by atoms with Gasteiger partial charge in [-0.05, 0) is 81.4 Å². The lowest BCUT2D eigenvalue weighted by molar-refractivity contribution is -0.133. The average Bonchev–Trinajstić information content (AvgIpc) is 3.07. The molecule has 0 bridgehead atoms. The standard InChI is InChI=1S/C26H32O5S/c1-17-3-6-20(7-4-17)32(29,30)31-16-26-14-11-19(27)15-18(26)5-8-21-22-9-10-24(28)25(22,2)13-12-23(21)26/h3-4,6-7,15,21-23H,5,8-14,16H2,1-2H3/t21-,22?,23?,25-,26+/m0/s1/i16D2. The molecule has 4 aliphatic rings. The molecule has 0 heterocycles. The van der Waals surface area contributed by atoms with Crippen LogP contribution in [0.3, 0.4) is 0 Å². The third-order valence-electron chi connectivity index (χ3n) is 8.84. The summed E-state index contributed by atoms with van der Waals surface area (Å²) in [4.78, 5) is 25.0. The lowest BCUT2D eigenvalue weighted by Crippen LogP contribution is -2.53. The lowest BCUT2D eigenvalue weighted by Gasteiger charge is -2.57. The molecule has 6 heteroatoms. The summed E-state index contributed by atoms with van der Waals surface area (Å²) in [5, 5.41) is 0. The summed E-state index contributed by atoms with van der Waals surface area (Å²) in [6.45, 7) is 1.37. The quantitative estimate of drug-likeness (QED) is 0.607. The molecule has 3 fully saturated rings. The SMILES string of the molecule is [2H]C([2H])(OS(=O)(=O)c1ccc(C)cc1)[C@]12CCC(=O)C=C1CC[C@H]1C3CCC(=O)[C@@]3(C)CCC12. The predicted octanol–water partition coefficient (Wildman–Crippen LogP) is 4.78. The topological polar surface area (TPSA) is 77.5 Å². The Bertz CT molecular complexity index is 1170. The second kappa shape index (κ2) is 7.63. The summed E-state index contributed by atoms with van der Waals surface area (Å²) < 4.78 is 50.0. The van der Waals surface area contributed by atoms with Gasteiger partial charge in [-0.15, -0.1) is 0 Å². The maximum atomic E-state index is 13.2. The van der Waals surface area contributed by atoms with Crippen LogP contribution < -0.4 is 0 Å². The van der Waals surface area contributed by atoms with Crippen LogP contribution in [0.2, 0.25) is 0 Å². The van der Waals surface area contributed by atoms with Crippen molar-refractivity contribution in [3.63, 3.8) is 0 Å². The van der Waals surface area contributed by atoms with E-state index in [4.69, 9.17) is 6.92 Å². The van der Waals surface area contributed by atoms with Crippen LogP contribution in [0.15, 0.2) is 40.8 Å². The fourth-order valence-corrected chi connectivity index (χ4v) is 7.89. The van der Waals surface area contributed by atoms with Gasteiger partial charge in [-0.25, -0.2) is 0 Å². The second-order valence-corrected chi connectivity index (χ2v) is 11.9. The van der Waals surface area contributed by atoms with Crippen molar-refractivity contribution in [2.75, 3.05) is 6.56 Å². The van der Waals surface area contributed by atoms with E-state index in [0.29, 0.717) is 37.0 Å². The Kier molecular flexibility index (Phi) is 4.68. The zero-order chi connectivity index (χ0) is 24.5. The first kappa shape index (κ1) is 19.7. The molecule has 0 amide bonds. The van der Waals surface area contributed by atoms with Crippen LogP contribution in [0, 0.1) is 35.5 Å². The number of carbonyl (C=O) groups is 2. The molecule has 1 aromatic rings. The van der Waals surface area contributed by atoms with Gasteiger partial charge in [-0.1, -0.05) is 30.2 Å². The molecule has 172 valence electrons. The summed E-state index contributed by atoms with van der Waals surface area (Å²) in [5.74, 6) is 0.354. The van der Waals surface area contributed by atoms with Crippen LogP contribution in [0.5, 0.6) is 0 Å². The molecule has 0 aliphatic heterocycles. The minimum atomic E-state index is -4.37. The van der Waals surface area contributed by atoms with Gasteiger partial charge < -0.3 is 0 Å². The molecule has 3 saturated carbocycles. The molecule has 0 spiro atoms. The molecule has 5 nitrogen and oxygen atoms in total. The summed E-state index contributed by atoms with van der Waals surface area (Å²) in [5.41, 5.74) is -0.00504. The van der Waals surface area contributed by atoms with Crippen LogP contribution in [0.25, 0.3) is 0 Å². The van der Waals surface area contributed by atoms with E-state index in [2.05, 4.69) is 6.92 Å². The van der Waals surface area contributed by atoms with Crippen molar-refractivity contribution >= 4 is 21.7 Å². The van der Waals surface area contributed by atoms with Crippen molar-refractivity contribution in [3.05, 3.63) is 41.5 Å². The Morgan fingerprint density at radius 2 is 1.78 bits per heavy atom. The first-order chi connectivity index (χ1) is 15.9. The van der Waals surface area contributed by atoms with Crippen LogP contribution in [0.1, 0.15) is 66.6 Å². The van der Waals surface area contributed by atoms with Crippen molar-refractivity contribution in [3.8, 4) is 0 Å². The Balaban J connectivity index is 1.57. The normalized spacial score (nSPS) is 38.2. The fourth-order valence-electron chi connectivity index (χ4n) is 7.06. The van der Waals surface area contributed by atoms with Gasteiger partial charge in [0.15, 0.2) is 5.78 Å². The van der Waals surface area contributed by atoms with E-state index in [1.165, 1.54) is 12.1 Å². The van der Waals surface area contributed by atoms with Crippen molar-refractivity contribution < 1.29 is 24.9 Å². The predicted molar refractivity (Wildman–Crippen MR) is 120 cm³/mol.